The van der Waals surface area contributed by atoms with Crippen molar-refractivity contribution >= 4 is 28.6 Å². The minimum Gasteiger partial charge on any atom is -0.406 e. The smallest absolute Gasteiger partial charge is 0.406 e. The molecule has 1 atom stereocenters. The zero-order valence-corrected chi connectivity index (χ0v) is 21.6. The summed E-state index contributed by atoms with van der Waals surface area (Å²) in [6.07, 6.45) is -4.67. The van der Waals surface area contributed by atoms with Crippen molar-refractivity contribution in [3.05, 3.63) is 53.3 Å². The minimum atomic E-state index is -4.83. The molecule has 38 heavy (non-hydrogen) atoms. The van der Waals surface area contributed by atoms with Gasteiger partial charge in [-0.15, -0.1) is 18.3 Å². The lowest BCUT2D eigenvalue weighted by Gasteiger charge is -2.12. The number of carbonyl (C=O) groups excluding carboxylic acids is 2. The van der Waals surface area contributed by atoms with E-state index in [9.17, 15) is 27.2 Å². The molecule has 2 rings (SSSR count). The van der Waals surface area contributed by atoms with Crippen molar-refractivity contribution < 1.29 is 36.6 Å². The zero-order valence-electron chi connectivity index (χ0n) is 20.8. The molecule has 0 aliphatic carbocycles. The normalized spacial score (nSPS) is 12.6. The van der Waals surface area contributed by atoms with Gasteiger partial charge in [0.1, 0.15) is 11.9 Å². The molecule has 1 aromatic heterocycles. The Morgan fingerprint density at radius 1 is 1.32 bits per heavy atom. The molecule has 1 heterocycles. The molecule has 0 bridgehead atoms. The predicted molar refractivity (Wildman–Crippen MR) is 133 cm³/mol. The lowest BCUT2D eigenvalue weighted by Crippen LogP contribution is -2.27. The lowest BCUT2D eigenvalue weighted by molar-refractivity contribution is -0.274. The number of hydrogen-bond acceptors (Lipinski definition) is 8. The zero-order chi connectivity index (χ0) is 28.1. The van der Waals surface area contributed by atoms with Crippen molar-refractivity contribution in [2.45, 2.75) is 38.3 Å². The van der Waals surface area contributed by atoms with Crippen molar-refractivity contribution in [2.75, 3.05) is 27.3 Å². The van der Waals surface area contributed by atoms with Gasteiger partial charge in [0.15, 0.2) is 5.69 Å². The maximum atomic E-state index is 14.5. The maximum absolute atomic E-state index is 14.5. The van der Waals surface area contributed by atoms with E-state index < -0.39 is 30.1 Å². The SMILES string of the molecule is C=C(NC(=O)Cc1cccc(OC(F)(F)F)c1)S/C(CCC(F)Cn1cc(C(=O)NCCOC)nn1)=N\C. The van der Waals surface area contributed by atoms with Gasteiger partial charge >= 0.3 is 6.36 Å². The number of aliphatic imine (C=N–C) groups is 1. The summed E-state index contributed by atoms with van der Waals surface area (Å²) in [4.78, 5) is 28.3. The number of benzene rings is 1. The van der Waals surface area contributed by atoms with E-state index in [1.807, 2.05) is 0 Å². The third kappa shape index (κ3) is 11.7. The Morgan fingerprint density at radius 2 is 2.08 bits per heavy atom. The number of nitrogens with one attached hydrogen (secondary N) is 2. The number of rotatable bonds is 14. The monoisotopic (exact) mass is 560 g/mol. The molecule has 2 N–H and O–H groups in total. The van der Waals surface area contributed by atoms with E-state index in [0.717, 1.165) is 23.9 Å². The summed E-state index contributed by atoms with van der Waals surface area (Å²) in [6, 6.07) is 5.09. The van der Waals surface area contributed by atoms with Crippen LogP contribution in [0.5, 0.6) is 5.75 Å². The van der Waals surface area contributed by atoms with Gasteiger partial charge in [-0.05, 0) is 30.5 Å². The highest BCUT2D eigenvalue weighted by molar-refractivity contribution is 8.17. The molecular formula is C23H28F4N6O4S. The van der Waals surface area contributed by atoms with Gasteiger partial charge in [-0.3, -0.25) is 14.6 Å². The summed E-state index contributed by atoms with van der Waals surface area (Å²) >= 11 is 1.05. The second-order valence-electron chi connectivity index (χ2n) is 7.77. The number of thioether (sulfide) groups is 1. The molecule has 2 amide bonds. The number of nitrogens with zero attached hydrogens (tertiary/aromatic N) is 4. The van der Waals surface area contributed by atoms with E-state index in [-0.39, 0.29) is 36.5 Å². The highest BCUT2D eigenvalue weighted by Gasteiger charge is 2.31. The summed E-state index contributed by atoms with van der Waals surface area (Å²) in [5, 5.41) is 13.4. The number of carbonyl (C=O) groups is 2. The van der Waals surface area contributed by atoms with Crippen LogP contribution in [0.15, 0.2) is 47.1 Å². The molecule has 1 unspecified atom stereocenters. The van der Waals surface area contributed by atoms with Gasteiger partial charge in [0.2, 0.25) is 5.91 Å². The van der Waals surface area contributed by atoms with Crippen LogP contribution in [0, 0.1) is 0 Å². The fourth-order valence-electron chi connectivity index (χ4n) is 3.04. The highest BCUT2D eigenvalue weighted by atomic mass is 32.2. The minimum absolute atomic E-state index is 0.0614. The van der Waals surface area contributed by atoms with Crippen LogP contribution >= 0.6 is 11.8 Å². The number of alkyl halides is 4. The van der Waals surface area contributed by atoms with Crippen molar-refractivity contribution in [3.8, 4) is 5.75 Å². The fraction of sp³-hybridized carbons (Fsp3) is 0.435. The van der Waals surface area contributed by atoms with Gasteiger partial charge in [0, 0.05) is 20.7 Å². The van der Waals surface area contributed by atoms with E-state index in [1.54, 1.807) is 0 Å². The first-order chi connectivity index (χ1) is 18.0. The van der Waals surface area contributed by atoms with Crippen LogP contribution in [-0.2, 0) is 22.5 Å². The molecule has 0 spiro atoms. The summed E-state index contributed by atoms with van der Waals surface area (Å²) < 4.78 is 61.6. The van der Waals surface area contributed by atoms with Crippen molar-refractivity contribution in [1.29, 1.82) is 0 Å². The molecule has 0 radical (unpaired) electrons. The molecule has 2 aromatic rings. The molecule has 0 saturated carbocycles. The second-order valence-corrected chi connectivity index (χ2v) is 8.94. The third-order valence-electron chi connectivity index (χ3n) is 4.69. The summed E-state index contributed by atoms with van der Waals surface area (Å²) in [5.41, 5.74) is 0.377. The molecule has 208 valence electrons. The van der Waals surface area contributed by atoms with E-state index >= 15 is 0 Å². The molecule has 0 fully saturated rings. The number of halogens is 4. The van der Waals surface area contributed by atoms with Crippen molar-refractivity contribution in [2.24, 2.45) is 4.99 Å². The van der Waals surface area contributed by atoms with Crippen LogP contribution in [0.3, 0.4) is 0 Å². The highest BCUT2D eigenvalue weighted by Crippen LogP contribution is 2.24. The first-order valence-electron chi connectivity index (χ1n) is 11.3. The van der Waals surface area contributed by atoms with Crippen LogP contribution in [0.1, 0.15) is 28.9 Å². The molecule has 0 saturated heterocycles. The third-order valence-corrected chi connectivity index (χ3v) is 5.66. The van der Waals surface area contributed by atoms with Gasteiger partial charge in [-0.2, -0.15) is 0 Å². The number of ether oxygens (including phenoxy) is 2. The number of methoxy groups -OCH3 is 1. The van der Waals surface area contributed by atoms with Crippen LogP contribution in [0.25, 0.3) is 0 Å². The Bertz CT molecular complexity index is 1130. The summed E-state index contributed by atoms with van der Waals surface area (Å²) in [6.45, 7) is 4.28. The van der Waals surface area contributed by atoms with Crippen molar-refractivity contribution in [3.63, 3.8) is 0 Å². The van der Waals surface area contributed by atoms with Crippen LogP contribution < -0.4 is 15.4 Å². The first kappa shape index (κ1) is 30.8. The molecule has 1 aromatic carbocycles. The standard InChI is InChI=1S/C23H28F4N6O4S/c1-15(30-20(34)12-16-5-4-6-18(11-16)37-23(25,26)27)38-21(28-2)8-7-17(24)13-33-14-19(31-32-33)22(35)29-9-10-36-3/h4-6,11,14,17H,1,7-10,12-13H2,2-3H3,(H,29,35)(H,30,34)/b28-21-. The Labute approximate surface area is 220 Å². The van der Waals surface area contributed by atoms with Crippen LogP contribution in [-0.4, -0.2) is 71.7 Å². The topological polar surface area (TPSA) is 120 Å². The van der Waals surface area contributed by atoms with E-state index in [0.29, 0.717) is 23.8 Å². The Balaban J connectivity index is 1.77. The molecule has 15 heteroatoms. The molecule has 0 aliphatic heterocycles. The fourth-order valence-corrected chi connectivity index (χ4v) is 3.80. The van der Waals surface area contributed by atoms with Gasteiger partial charge in [0.05, 0.1) is 35.8 Å². The number of aromatic nitrogens is 3. The second kappa shape index (κ2) is 15.1. The largest absolute Gasteiger partial charge is 0.573 e. The maximum Gasteiger partial charge on any atom is 0.573 e. The van der Waals surface area contributed by atoms with Crippen molar-refractivity contribution in [1.82, 2.24) is 25.6 Å². The molecule has 0 aliphatic rings. The van der Waals surface area contributed by atoms with Gasteiger partial charge in [-0.25, -0.2) is 9.07 Å². The summed E-state index contributed by atoms with van der Waals surface area (Å²) in [7, 11) is 3.02. The Hall–Kier alpha value is -3.46. The number of hydrogen-bond donors (Lipinski definition) is 2. The number of amides is 2. The van der Waals surface area contributed by atoms with Crippen LogP contribution in [0.4, 0.5) is 17.6 Å². The Kier molecular flexibility index (Phi) is 12.2. The molecular weight excluding hydrogens is 532 g/mol. The van der Waals surface area contributed by atoms with Gasteiger partial charge < -0.3 is 20.1 Å². The van der Waals surface area contributed by atoms with E-state index in [4.69, 9.17) is 4.74 Å². The average molecular weight is 561 g/mol. The van der Waals surface area contributed by atoms with Gasteiger partial charge in [-0.1, -0.05) is 35.7 Å². The average Bonchev–Trinajstić information content (AvgIpc) is 3.29. The molecule has 10 nitrogen and oxygen atoms in total. The van der Waals surface area contributed by atoms with Crippen LogP contribution in [0.2, 0.25) is 0 Å². The van der Waals surface area contributed by atoms with E-state index in [1.165, 1.54) is 37.2 Å². The van der Waals surface area contributed by atoms with E-state index in [2.05, 4.69) is 37.3 Å². The lowest BCUT2D eigenvalue weighted by atomic mass is 10.1. The van der Waals surface area contributed by atoms with Gasteiger partial charge in [0.25, 0.3) is 5.91 Å². The quantitative estimate of drug-likeness (QED) is 0.158. The Morgan fingerprint density at radius 3 is 2.76 bits per heavy atom. The summed E-state index contributed by atoms with van der Waals surface area (Å²) in [5.74, 6) is -1.37. The predicted octanol–water partition coefficient (Wildman–Crippen LogP) is 3.26. The first-order valence-corrected chi connectivity index (χ1v) is 12.1.